The second kappa shape index (κ2) is 4.86. The third-order valence-corrected chi connectivity index (χ3v) is 3.02. The van der Waals surface area contributed by atoms with Gasteiger partial charge in [-0.1, -0.05) is 6.07 Å². The van der Waals surface area contributed by atoms with Gasteiger partial charge < -0.3 is 19.9 Å². The van der Waals surface area contributed by atoms with Crippen molar-refractivity contribution < 1.29 is 19.0 Å². The van der Waals surface area contributed by atoms with Gasteiger partial charge in [-0.3, -0.25) is 4.79 Å². The predicted octanol–water partition coefficient (Wildman–Crippen LogP) is 1.24. The number of rotatable bonds is 4. The molecule has 1 aromatic rings. The highest BCUT2D eigenvalue weighted by Gasteiger charge is 2.29. The summed E-state index contributed by atoms with van der Waals surface area (Å²) in [5.41, 5.74) is 5.99. The lowest BCUT2D eigenvalue weighted by molar-refractivity contribution is -0.146. The quantitative estimate of drug-likeness (QED) is 0.815. The van der Waals surface area contributed by atoms with E-state index in [2.05, 4.69) is 4.74 Å². The van der Waals surface area contributed by atoms with Gasteiger partial charge in [0.2, 0.25) is 6.79 Å². The number of ether oxygens (including phenoxy) is 3. The largest absolute Gasteiger partial charge is 0.468 e. The van der Waals surface area contributed by atoms with Gasteiger partial charge in [0.25, 0.3) is 0 Å². The Hall–Kier alpha value is -1.75. The molecule has 0 saturated carbocycles. The van der Waals surface area contributed by atoms with Crippen LogP contribution in [0.1, 0.15) is 18.9 Å². The SMILES string of the molecule is COC(=O)C(C)(N)CCc1ccc2c(c1)OCO2. The van der Waals surface area contributed by atoms with Gasteiger partial charge in [0.15, 0.2) is 11.5 Å². The Morgan fingerprint density at radius 1 is 1.44 bits per heavy atom. The summed E-state index contributed by atoms with van der Waals surface area (Å²) in [6, 6.07) is 5.72. The van der Waals surface area contributed by atoms with E-state index < -0.39 is 11.5 Å². The van der Waals surface area contributed by atoms with Crippen molar-refractivity contribution in [3.8, 4) is 11.5 Å². The summed E-state index contributed by atoms with van der Waals surface area (Å²) in [5.74, 6) is 1.09. The van der Waals surface area contributed by atoms with Crippen molar-refractivity contribution in [1.29, 1.82) is 0 Å². The summed E-state index contributed by atoms with van der Waals surface area (Å²) in [4.78, 5) is 11.5. The number of methoxy groups -OCH3 is 1. The third kappa shape index (κ3) is 2.56. The number of esters is 1. The molecule has 0 fully saturated rings. The Morgan fingerprint density at radius 2 is 2.17 bits per heavy atom. The summed E-state index contributed by atoms with van der Waals surface area (Å²) in [5, 5.41) is 0. The fourth-order valence-electron chi connectivity index (χ4n) is 1.84. The number of fused-ring (bicyclic) bond motifs is 1. The molecule has 1 aliphatic rings. The second-order valence-electron chi connectivity index (χ2n) is 4.60. The van der Waals surface area contributed by atoms with Crippen molar-refractivity contribution in [2.24, 2.45) is 5.73 Å². The molecule has 5 nitrogen and oxygen atoms in total. The lowest BCUT2D eigenvalue weighted by atomic mass is 9.94. The van der Waals surface area contributed by atoms with E-state index in [4.69, 9.17) is 15.2 Å². The second-order valence-corrected chi connectivity index (χ2v) is 4.60. The first-order chi connectivity index (χ1) is 8.53. The maximum Gasteiger partial charge on any atom is 0.325 e. The molecule has 2 rings (SSSR count). The number of nitrogens with two attached hydrogens (primary N) is 1. The van der Waals surface area contributed by atoms with Crippen LogP contribution in [-0.4, -0.2) is 25.4 Å². The van der Waals surface area contributed by atoms with E-state index >= 15 is 0 Å². The Labute approximate surface area is 106 Å². The van der Waals surface area contributed by atoms with Crippen LogP contribution in [0.4, 0.5) is 0 Å². The monoisotopic (exact) mass is 251 g/mol. The molecule has 5 heteroatoms. The number of hydrogen-bond acceptors (Lipinski definition) is 5. The number of aryl methyl sites for hydroxylation is 1. The van der Waals surface area contributed by atoms with Gasteiger partial charge >= 0.3 is 5.97 Å². The summed E-state index contributed by atoms with van der Waals surface area (Å²) in [7, 11) is 1.34. The molecular formula is C13H17NO4. The minimum atomic E-state index is -0.967. The third-order valence-electron chi connectivity index (χ3n) is 3.02. The zero-order valence-corrected chi connectivity index (χ0v) is 10.6. The van der Waals surface area contributed by atoms with Crippen molar-refractivity contribution in [1.82, 2.24) is 0 Å². The normalized spacial score (nSPS) is 16.2. The molecule has 0 bridgehead atoms. The molecular weight excluding hydrogens is 234 g/mol. The van der Waals surface area contributed by atoms with Crippen molar-refractivity contribution in [3.05, 3.63) is 23.8 Å². The first-order valence-electron chi connectivity index (χ1n) is 5.79. The van der Waals surface area contributed by atoms with Crippen molar-refractivity contribution >= 4 is 5.97 Å². The van der Waals surface area contributed by atoms with E-state index in [1.54, 1.807) is 6.92 Å². The molecule has 1 aliphatic heterocycles. The van der Waals surface area contributed by atoms with Crippen molar-refractivity contribution in [2.75, 3.05) is 13.9 Å². The summed E-state index contributed by atoms with van der Waals surface area (Å²) in [6.07, 6.45) is 1.19. The van der Waals surface area contributed by atoms with Crippen LogP contribution in [0.15, 0.2) is 18.2 Å². The van der Waals surface area contributed by atoms with E-state index in [0.29, 0.717) is 12.8 Å². The van der Waals surface area contributed by atoms with E-state index in [1.165, 1.54) is 7.11 Å². The number of hydrogen-bond donors (Lipinski definition) is 1. The van der Waals surface area contributed by atoms with Gasteiger partial charge in [-0.05, 0) is 37.5 Å². The molecule has 0 amide bonds. The first kappa shape index (κ1) is 12.7. The molecule has 0 aromatic heterocycles. The molecule has 18 heavy (non-hydrogen) atoms. The molecule has 0 radical (unpaired) electrons. The maximum absolute atomic E-state index is 11.5. The van der Waals surface area contributed by atoms with Crippen LogP contribution in [0.2, 0.25) is 0 Å². The van der Waals surface area contributed by atoms with Crippen LogP contribution in [0.5, 0.6) is 11.5 Å². The van der Waals surface area contributed by atoms with E-state index in [-0.39, 0.29) is 6.79 Å². The average molecular weight is 251 g/mol. The minimum Gasteiger partial charge on any atom is -0.468 e. The zero-order valence-electron chi connectivity index (χ0n) is 10.6. The van der Waals surface area contributed by atoms with Crippen LogP contribution >= 0.6 is 0 Å². The molecule has 1 atom stereocenters. The Kier molecular flexibility index (Phi) is 3.43. The van der Waals surface area contributed by atoms with E-state index in [1.807, 2.05) is 18.2 Å². The molecule has 0 aliphatic carbocycles. The van der Waals surface area contributed by atoms with Gasteiger partial charge in [0.1, 0.15) is 5.54 Å². The Balaban J connectivity index is 2.00. The number of carbonyl (C=O) groups excluding carboxylic acids is 1. The molecule has 1 heterocycles. The molecule has 2 N–H and O–H groups in total. The van der Waals surface area contributed by atoms with E-state index in [9.17, 15) is 4.79 Å². The van der Waals surface area contributed by atoms with Crippen molar-refractivity contribution in [3.63, 3.8) is 0 Å². The van der Waals surface area contributed by atoms with Crippen LogP contribution < -0.4 is 15.2 Å². The highest BCUT2D eigenvalue weighted by atomic mass is 16.7. The number of benzene rings is 1. The van der Waals surface area contributed by atoms with Gasteiger partial charge in [-0.25, -0.2) is 0 Å². The zero-order chi connectivity index (χ0) is 13.2. The highest BCUT2D eigenvalue weighted by Crippen LogP contribution is 2.33. The topological polar surface area (TPSA) is 70.8 Å². The summed E-state index contributed by atoms with van der Waals surface area (Å²) < 4.78 is 15.2. The summed E-state index contributed by atoms with van der Waals surface area (Å²) in [6.45, 7) is 1.93. The average Bonchev–Trinajstić information content (AvgIpc) is 2.82. The lowest BCUT2D eigenvalue weighted by Crippen LogP contribution is -2.46. The van der Waals surface area contributed by atoms with Crippen LogP contribution in [0.3, 0.4) is 0 Å². The van der Waals surface area contributed by atoms with Gasteiger partial charge in [-0.15, -0.1) is 0 Å². The molecule has 0 saturated heterocycles. The molecule has 1 unspecified atom stereocenters. The van der Waals surface area contributed by atoms with Crippen LogP contribution in [0, 0.1) is 0 Å². The van der Waals surface area contributed by atoms with Gasteiger partial charge in [-0.2, -0.15) is 0 Å². The molecule has 0 spiro atoms. The van der Waals surface area contributed by atoms with Crippen molar-refractivity contribution in [2.45, 2.75) is 25.3 Å². The minimum absolute atomic E-state index is 0.259. The van der Waals surface area contributed by atoms with Gasteiger partial charge in [0.05, 0.1) is 7.11 Å². The molecule has 1 aromatic carbocycles. The van der Waals surface area contributed by atoms with Gasteiger partial charge in [0, 0.05) is 0 Å². The maximum atomic E-state index is 11.5. The smallest absolute Gasteiger partial charge is 0.325 e. The number of carbonyl (C=O) groups is 1. The van der Waals surface area contributed by atoms with E-state index in [0.717, 1.165) is 17.1 Å². The summed E-state index contributed by atoms with van der Waals surface area (Å²) >= 11 is 0. The lowest BCUT2D eigenvalue weighted by Gasteiger charge is -2.21. The Morgan fingerprint density at radius 3 is 2.89 bits per heavy atom. The first-order valence-corrected chi connectivity index (χ1v) is 5.79. The fourth-order valence-corrected chi connectivity index (χ4v) is 1.84. The molecule has 98 valence electrons. The van der Waals surface area contributed by atoms with Crippen LogP contribution in [-0.2, 0) is 16.0 Å². The Bertz CT molecular complexity index is 456. The van der Waals surface area contributed by atoms with Crippen LogP contribution in [0.25, 0.3) is 0 Å². The standard InChI is InChI=1S/C13H17NO4/c1-13(14,12(15)16-2)6-5-9-3-4-10-11(7-9)18-8-17-10/h3-4,7H,5-6,8,14H2,1-2H3. The highest BCUT2D eigenvalue weighted by molar-refractivity contribution is 5.79. The predicted molar refractivity (Wildman–Crippen MR) is 65.5 cm³/mol. The fraction of sp³-hybridized carbons (Fsp3) is 0.462.